The second-order valence-corrected chi connectivity index (χ2v) is 13.5. The first kappa shape index (κ1) is 33.0. The molecule has 2 amide bonds. The van der Waals surface area contributed by atoms with Gasteiger partial charge in [0, 0.05) is 23.1 Å². The summed E-state index contributed by atoms with van der Waals surface area (Å²) in [7, 11) is -4.24. The van der Waals surface area contributed by atoms with E-state index in [4.69, 9.17) is 46.4 Å². The number of nitrogens with one attached hydrogen (secondary N) is 1. The Hall–Kier alpha value is -2.49. The monoisotopic (exact) mass is 657 g/mol. The van der Waals surface area contributed by atoms with E-state index < -0.39 is 28.5 Å². The molecule has 0 spiro atoms. The van der Waals surface area contributed by atoms with Crippen LogP contribution in [-0.4, -0.2) is 44.3 Å². The fourth-order valence-electron chi connectivity index (χ4n) is 3.87. The molecule has 3 aromatic carbocycles. The van der Waals surface area contributed by atoms with Crippen LogP contribution in [0.2, 0.25) is 20.1 Å². The quantitative estimate of drug-likeness (QED) is 0.241. The molecule has 3 rings (SSSR count). The van der Waals surface area contributed by atoms with E-state index in [-0.39, 0.29) is 39.0 Å². The Balaban J connectivity index is 2.06. The third kappa shape index (κ3) is 8.52. The first-order valence-electron chi connectivity index (χ1n) is 12.8. The summed E-state index contributed by atoms with van der Waals surface area (Å²) < 4.78 is 28.7. The maximum atomic E-state index is 14.0. The van der Waals surface area contributed by atoms with Gasteiger partial charge in [0.15, 0.2) is 0 Å². The number of hydrogen-bond acceptors (Lipinski definition) is 4. The maximum Gasteiger partial charge on any atom is 0.264 e. The largest absolute Gasteiger partial charge is 0.354 e. The standard InChI is InChI=1S/C29H31Cl4N3O4S/c1-18(2)15-34-29(38)20(4)35(16-21-7-8-22(30)13-26(21)32)28(37)17-36(23-9-12-25(31)27(33)14-23)41(39,40)24-10-5-19(3)6-11-24/h5-14,18,20H,15-17H2,1-4H3,(H,34,38). The van der Waals surface area contributed by atoms with Gasteiger partial charge < -0.3 is 10.2 Å². The van der Waals surface area contributed by atoms with Gasteiger partial charge in [0.2, 0.25) is 11.8 Å². The van der Waals surface area contributed by atoms with Gasteiger partial charge in [0.1, 0.15) is 12.6 Å². The van der Waals surface area contributed by atoms with E-state index in [1.165, 1.54) is 41.3 Å². The Labute approximate surface area is 261 Å². The number of sulfonamides is 1. The Morgan fingerprint density at radius 1 is 0.854 bits per heavy atom. The van der Waals surface area contributed by atoms with Crippen molar-refractivity contribution in [3.63, 3.8) is 0 Å². The summed E-state index contributed by atoms with van der Waals surface area (Å²) in [6, 6.07) is 14.4. The summed E-state index contributed by atoms with van der Waals surface area (Å²) in [6.07, 6.45) is 0. The molecular weight excluding hydrogens is 628 g/mol. The van der Waals surface area contributed by atoms with Gasteiger partial charge >= 0.3 is 0 Å². The number of amides is 2. The lowest BCUT2D eigenvalue weighted by Gasteiger charge is -2.32. The average molecular weight is 659 g/mol. The predicted octanol–water partition coefficient (Wildman–Crippen LogP) is 6.99. The Morgan fingerprint density at radius 2 is 1.51 bits per heavy atom. The van der Waals surface area contributed by atoms with Crippen molar-refractivity contribution in [1.82, 2.24) is 10.2 Å². The molecular formula is C29H31Cl4N3O4S. The van der Waals surface area contributed by atoms with E-state index in [0.29, 0.717) is 22.2 Å². The molecule has 1 unspecified atom stereocenters. The van der Waals surface area contributed by atoms with Crippen molar-refractivity contribution in [2.75, 3.05) is 17.4 Å². The molecule has 0 saturated carbocycles. The summed E-state index contributed by atoms with van der Waals surface area (Å²) in [5, 5.41) is 3.90. The summed E-state index contributed by atoms with van der Waals surface area (Å²) in [4.78, 5) is 28.4. The molecule has 0 heterocycles. The van der Waals surface area contributed by atoms with Gasteiger partial charge in [0.05, 0.1) is 20.6 Å². The minimum Gasteiger partial charge on any atom is -0.354 e. The highest BCUT2D eigenvalue weighted by molar-refractivity contribution is 7.92. The number of anilines is 1. The number of nitrogens with zero attached hydrogens (tertiary/aromatic N) is 2. The topological polar surface area (TPSA) is 86.8 Å². The zero-order valence-electron chi connectivity index (χ0n) is 23.0. The van der Waals surface area contributed by atoms with Crippen molar-refractivity contribution in [3.8, 4) is 0 Å². The highest BCUT2D eigenvalue weighted by Gasteiger charge is 2.33. The van der Waals surface area contributed by atoms with Crippen LogP contribution in [-0.2, 0) is 26.2 Å². The highest BCUT2D eigenvalue weighted by Crippen LogP contribution is 2.31. The molecule has 0 aromatic heterocycles. The van der Waals surface area contributed by atoms with E-state index in [2.05, 4.69) is 5.32 Å². The molecule has 1 N–H and O–H groups in total. The molecule has 7 nitrogen and oxygen atoms in total. The zero-order chi connectivity index (χ0) is 30.5. The van der Waals surface area contributed by atoms with Crippen LogP contribution in [0.4, 0.5) is 5.69 Å². The van der Waals surface area contributed by atoms with Crippen molar-refractivity contribution >= 4 is 73.9 Å². The third-order valence-electron chi connectivity index (χ3n) is 6.29. The van der Waals surface area contributed by atoms with E-state index >= 15 is 0 Å². The number of carbonyl (C=O) groups is 2. The van der Waals surface area contributed by atoms with Crippen molar-refractivity contribution in [3.05, 3.63) is 91.9 Å². The number of benzene rings is 3. The molecule has 0 aliphatic carbocycles. The molecule has 0 bridgehead atoms. The Kier molecular flexibility index (Phi) is 11.4. The molecule has 0 radical (unpaired) electrons. The van der Waals surface area contributed by atoms with Gasteiger partial charge in [-0.15, -0.1) is 0 Å². The minimum absolute atomic E-state index is 0.0167. The second kappa shape index (κ2) is 14.1. The van der Waals surface area contributed by atoms with Crippen LogP contribution in [0.3, 0.4) is 0 Å². The van der Waals surface area contributed by atoms with Crippen LogP contribution in [0.1, 0.15) is 31.9 Å². The number of halogens is 4. The van der Waals surface area contributed by atoms with Crippen molar-refractivity contribution in [1.29, 1.82) is 0 Å². The van der Waals surface area contributed by atoms with E-state index in [1.54, 1.807) is 31.2 Å². The molecule has 0 aliphatic rings. The molecule has 0 fully saturated rings. The molecule has 1 atom stereocenters. The second-order valence-electron chi connectivity index (χ2n) is 10.00. The lowest BCUT2D eigenvalue weighted by Crippen LogP contribution is -2.51. The number of rotatable bonds is 11. The first-order valence-corrected chi connectivity index (χ1v) is 15.7. The molecule has 41 heavy (non-hydrogen) atoms. The summed E-state index contributed by atoms with van der Waals surface area (Å²) >= 11 is 24.8. The van der Waals surface area contributed by atoms with Gasteiger partial charge in [-0.1, -0.05) is 84.0 Å². The first-order chi connectivity index (χ1) is 19.2. The Morgan fingerprint density at radius 3 is 2.10 bits per heavy atom. The van der Waals surface area contributed by atoms with Gasteiger partial charge in [0.25, 0.3) is 10.0 Å². The lowest BCUT2D eigenvalue weighted by molar-refractivity contribution is -0.139. The van der Waals surface area contributed by atoms with Crippen LogP contribution in [0.15, 0.2) is 65.6 Å². The molecule has 220 valence electrons. The minimum atomic E-state index is -4.24. The molecule has 12 heteroatoms. The summed E-state index contributed by atoms with van der Waals surface area (Å²) in [5.74, 6) is -0.838. The summed E-state index contributed by atoms with van der Waals surface area (Å²) in [5.41, 5.74) is 1.54. The molecule has 0 saturated heterocycles. The van der Waals surface area contributed by atoms with Crippen molar-refractivity contribution in [2.45, 2.75) is 45.2 Å². The van der Waals surface area contributed by atoms with Crippen LogP contribution >= 0.6 is 46.4 Å². The summed E-state index contributed by atoms with van der Waals surface area (Å²) in [6.45, 7) is 7.03. The van der Waals surface area contributed by atoms with Crippen LogP contribution in [0, 0.1) is 12.8 Å². The van der Waals surface area contributed by atoms with E-state index in [0.717, 1.165) is 9.87 Å². The predicted molar refractivity (Wildman–Crippen MR) is 166 cm³/mol. The SMILES string of the molecule is Cc1ccc(S(=O)(=O)N(CC(=O)N(Cc2ccc(Cl)cc2Cl)C(C)C(=O)NCC(C)C)c2ccc(Cl)c(Cl)c2)cc1. The van der Waals surface area contributed by atoms with Gasteiger partial charge in [-0.2, -0.15) is 0 Å². The number of aryl methyl sites for hydroxylation is 1. The normalized spacial score (nSPS) is 12.2. The van der Waals surface area contributed by atoms with Gasteiger partial charge in [-0.3, -0.25) is 13.9 Å². The van der Waals surface area contributed by atoms with Crippen LogP contribution < -0.4 is 9.62 Å². The number of carbonyl (C=O) groups excluding carboxylic acids is 2. The van der Waals surface area contributed by atoms with Crippen molar-refractivity contribution in [2.24, 2.45) is 5.92 Å². The van der Waals surface area contributed by atoms with Crippen LogP contribution in [0.5, 0.6) is 0 Å². The maximum absolute atomic E-state index is 14.0. The lowest BCUT2D eigenvalue weighted by atomic mass is 10.1. The average Bonchev–Trinajstić information content (AvgIpc) is 2.91. The van der Waals surface area contributed by atoms with E-state index in [9.17, 15) is 18.0 Å². The zero-order valence-corrected chi connectivity index (χ0v) is 26.8. The van der Waals surface area contributed by atoms with Gasteiger partial charge in [-0.25, -0.2) is 8.42 Å². The highest BCUT2D eigenvalue weighted by atomic mass is 35.5. The number of hydrogen-bond donors (Lipinski definition) is 1. The molecule has 3 aromatic rings. The van der Waals surface area contributed by atoms with Crippen molar-refractivity contribution < 1.29 is 18.0 Å². The van der Waals surface area contributed by atoms with Gasteiger partial charge in [-0.05, 0) is 67.8 Å². The smallest absolute Gasteiger partial charge is 0.264 e. The molecule has 0 aliphatic heterocycles. The Bertz CT molecular complexity index is 1510. The van der Waals surface area contributed by atoms with E-state index in [1.807, 2.05) is 20.8 Å². The third-order valence-corrected chi connectivity index (χ3v) is 9.40. The van der Waals surface area contributed by atoms with Crippen LogP contribution in [0.25, 0.3) is 0 Å². The fourth-order valence-corrected chi connectivity index (χ4v) is 6.04. The fraction of sp³-hybridized carbons (Fsp3) is 0.310.